The number of aromatic nitrogens is 3. The van der Waals surface area contributed by atoms with E-state index in [4.69, 9.17) is 10.5 Å². The number of H-pyrrole nitrogens is 1. The van der Waals surface area contributed by atoms with Crippen molar-refractivity contribution in [2.75, 3.05) is 18.2 Å². The summed E-state index contributed by atoms with van der Waals surface area (Å²) in [5.41, 5.74) is 9.48. The number of nitrogens with one attached hydrogen (secondary N) is 2. The van der Waals surface area contributed by atoms with Crippen molar-refractivity contribution in [3.05, 3.63) is 45.4 Å². The molecule has 8 nitrogen and oxygen atoms in total. The molecule has 1 aromatic carbocycles. The number of hydrogen-bond acceptors (Lipinski definition) is 5. The summed E-state index contributed by atoms with van der Waals surface area (Å²) in [7, 11) is 3.26. The molecule has 3 aromatic rings. The lowest BCUT2D eigenvalue weighted by Crippen LogP contribution is -2.17. The lowest BCUT2D eigenvalue weighted by atomic mass is 10.0. The van der Waals surface area contributed by atoms with E-state index in [9.17, 15) is 9.59 Å². The van der Waals surface area contributed by atoms with Crippen molar-refractivity contribution in [1.29, 1.82) is 0 Å². The van der Waals surface area contributed by atoms with Gasteiger partial charge in [0.1, 0.15) is 5.75 Å². The number of benzene rings is 1. The molecule has 9 heteroatoms. The zero-order chi connectivity index (χ0) is 19.0. The van der Waals surface area contributed by atoms with E-state index in [1.807, 2.05) is 13.8 Å². The van der Waals surface area contributed by atoms with Crippen LogP contribution in [0, 0.1) is 13.8 Å². The van der Waals surface area contributed by atoms with Gasteiger partial charge in [0.25, 0.3) is 5.56 Å². The van der Waals surface area contributed by atoms with Crippen LogP contribution in [0.4, 0.5) is 11.4 Å². The maximum Gasteiger partial charge on any atom is 0.273 e. The van der Waals surface area contributed by atoms with Crippen LogP contribution >= 0.6 is 12.4 Å². The Bertz CT molecular complexity index is 1070. The van der Waals surface area contributed by atoms with Gasteiger partial charge in [0.05, 0.1) is 24.6 Å². The standard InChI is InChI=1S/C18H21N5O3.ClH/c1-9-12(10(2)20-17-16(9)18(25)22-23(17)3)8-15(24)21-11-5-6-14(26-4)13(19)7-11;/h5-7H,8,19H2,1-4H3,(H,21,24)(H,22,25);1H. The minimum atomic E-state index is -0.214. The molecule has 0 unspecified atom stereocenters. The van der Waals surface area contributed by atoms with Gasteiger partial charge in [0.15, 0.2) is 5.65 Å². The van der Waals surface area contributed by atoms with Gasteiger partial charge < -0.3 is 15.8 Å². The zero-order valence-corrected chi connectivity index (χ0v) is 16.4. The number of aromatic amines is 1. The van der Waals surface area contributed by atoms with Gasteiger partial charge in [-0.1, -0.05) is 0 Å². The van der Waals surface area contributed by atoms with E-state index < -0.39 is 0 Å². The molecule has 0 aliphatic rings. The zero-order valence-electron chi connectivity index (χ0n) is 15.5. The Labute approximate surface area is 162 Å². The van der Waals surface area contributed by atoms with E-state index in [1.165, 1.54) is 7.11 Å². The molecule has 27 heavy (non-hydrogen) atoms. The van der Waals surface area contributed by atoms with E-state index in [2.05, 4.69) is 15.4 Å². The van der Waals surface area contributed by atoms with Gasteiger partial charge in [0.2, 0.25) is 5.91 Å². The second kappa shape index (κ2) is 7.71. The van der Waals surface area contributed by atoms with Crippen LogP contribution in [-0.4, -0.2) is 27.8 Å². The largest absolute Gasteiger partial charge is 0.495 e. The third-order valence-corrected chi connectivity index (χ3v) is 4.43. The van der Waals surface area contributed by atoms with Gasteiger partial charge in [-0.05, 0) is 43.2 Å². The predicted octanol–water partition coefficient (Wildman–Crippen LogP) is 2.07. The maximum absolute atomic E-state index is 12.5. The fraction of sp³-hybridized carbons (Fsp3) is 0.278. The van der Waals surface area contributed by atoms with Gasteiger partial charge in [0, 0.05) is 18.4 Å². The Morgan fingerprint density at radius 3 is 2.70 bits per heavy atom. The molecule has 4 N–H and O–H groups in total. The molecule has 0 fully saturated rings. The van der Waals surface area contributed by atoms with Crippen LogP contribution in [0.25, 0.3) is 11.0 Å². The molecular formula is C18H22ClN5O3. The van der Waals surface area contributed by atoms with Crippen LogP contribution in [-0.2, 0) is 18.3 Å². The summed E-state index contributed by atoms with van der Waals surface area (Å²) in [6.07, 6.45) is 0.112. The van der Waals surface area contributed by atoms with E-state index in [0.29, 0.717) is 33.9 Å². The number of nitrogens with two attached hydrogens (primary N) is 1. The van der Waals surface area contributed by atoms with E-state index in [-0.39, 0.29) is 30.3 Å². The third-order valence-electron chi connectivity index (χ3n) is 4.43. The van der Waals surface area contributed by atoms with Crippen LogP contribution in [0.3, 0.4) is 0 Å². The van der Waals surface area contributed by atoms with Crippen molar-refractivity contribution in [3.8, 4) is 5.75 Å². The van der Waals surface area contributed by atoms with Crippen LogP contribution in [0.2, 0.25) is 0 Å². The smallest absolute Gasteiger partial charge is 0.273 e. The second-order valence-corrected chi connectivity index (χ2v) is 6.18. The Balaban J connectivity index is 0.00000261. The lowest BCUT2D eigenvalue weighted by Gasteiger charge is -2.12. The lowest BCUT2D eigenvalue weighted by molar-refractivity contribution is -0.115. The molecule has 144 valence electrons. The fourth-order valence-electron chi connectivity index (χ4n) is 3.09. The van der Waals surface area contributed by atoms with Crippen LogP contribution in [0.15, 0.2) is 23.0 Å². The average Bonchev–Trinajstić information content (AvgIpc) is 2.85. The molecule has 0 bridgehead atoms. The predicted molar refractivity (Wildman–Crippen MR) is 108 cm³/mol. The number of methoxy groups -OCH3 is 1. The molecule has 0 radical (unpaired) electrons. The van der Waals surface area contributed by atoms with Crippen molar-refractivity contribution in [1.82, 2.24) is 14.8 Å². The highest BCUT2D eigenvalue weighted by Gasteiger charge is 2.17. The molecule has 0 atom stereocenters. The second-order valence-electron chi connectivity index (χ2n) is 6.18. The van der Waals surface area contributed by atoms with Gasteiger partial charge in [-0.2, -0.15) is 0 Å². The molecular weight excluding hydrogens is 370 g/mol. The molecule has 1 amide bonds. The van der Waals surface area contributed by atoms with E-state index in [1.54, 1.807) is 29.9 Å². The fourth-order valence-corrected chi connectivity index (χ4v) is 3.09. The number of fused-ring (bicyclic) bond motifs is 1. The van der Waals surface area contributed by atoms with Crippen molar-refractivity contribution in [2.45, 2.75) is 20.3 Å². The number of aryl methyl sites for hydroxylation is 3. The summed E-state index contributed by atoms with van der Waals surface area (Å²) in [5.74, 6) is 0.335. The number of rotatable bonds is 4. The third kappa shape index (κ3) is 3.75. The summed E-state index contributed by atoms with van der Waals surface area (Å²) < 4.78 is 6.69. The van der Waals surface area contributed by atoms with Gasteiger partial charge in [-0.15, -0.1) is 12.4 Å². The number of anilines is 2. The van der Waals surface area contributed by atoms with Crippen molar-refractivity contribution in [2.24, 2.45) is 7.05 Å². The highest BCUT2D eigenvalue weighted by atomic mass is 35.5. The topological polar surface area (TPSA) is 115 Å². The molecule has 0 saturated carbocycles. The summed E-state index contributed by atoms with van der Waals surface area (Å²) in [6.45, 7) is 3.66. The SMILES string of the molecule is COc1ccc(NC(=O)Cc2c(C)nc3c(c2C)c(=O)[nH]n3C)cc1N.Cl. The van der Waals surface area contributed by atoms with Crippen molar-refractivity contribution >= 4 is 40.7 Å². The van der Waals surface area contributed by atoms with Crippen LogP contribution in [0.5, 0.6) is 5.75 Å². The number of nitrogens with zero attached hydrogens (tertiary/aromatic N) is 2. The molecule has 2 heterocycles. The number of carbonyl (C=O) groups is 1. The summed E-state index contributed by atoms with van der Waals surface area (Å²) >= 11 is 0. The first-order chi connectivity index (χ1) is 12.3. The molecule has 3 rings (SSSR count). The Morgan fingerprint density at radius 1 is 1.37 bits per heavy atom. The number of nitrogen functional groups attached to an aromatic ring is 1. The summed E-state index contributed by atoms with van der Waals surface area (Å²) in [5, 5.41) is 6.01. The van der Waals surface area contributed by atoms with Crippen molar-refractivity contribution < 1.29 is 9.53 Å². The first-order valence-electron chi connectivity index (χ1n) is 8.10. The minimum Gasteiger partial charge on any atom is -0.495 e. The van der Waals surface area contributed by atoms with Gasteiger partial charge >= 0.3 is 0 Å². The average molecular weight is 392 g/mol. The van der Waals surface area contributed by atoms with Crippen LogP contribution in [0.1, 0.15) is 16.8 Å². The normalized spacial score (nSPS) is 10.5. The Hall–Kier alpha value is -3.00. The number of halogens is 1. The number of pyridine rings is 1. The summed E-state index contributed by atoms with van der Waals surface area (Å²) in [6, 6.07) is 5.05. The highest BCUT2D eigenvalue weighted by molar-refractivity contribution is 5.94. The molecule has 0 aliphatic heterocycles. The van der Waals surface area contributed by atoms with E-state index >= 15 is 0 Å². The van der Waals surface area contributed by atoms with Crippen molar-refractivity contribution in [3.63, 3.8) is 0 Å². The molecule has 0 aliphatic carbocycles. The minimum absolute atomic E-state index is 0. The molecule has 0 saturated heterocycles. The number of carbonyl (C=O) groups excluding carboxylic acids is 1. The Morgan fingerprint density at radius 2 is 2.07 bits per heavy atom. The highest BCUT2D eigenvalue weighted by Crippen LogP contribution is 2.25. The van der Waals surface area contributed by atoms with Crippen LogP contribution < -0.4 is 21.3 Å². The number of amides is 1. The quantitative estimate of drug-likeness (QED) is 0.589. The van der Waals surface area contributed by atoms with Gasteiger partial charge in [-0.3, -0.25) is 19.4 Å². The first-order valence-corrected chi connectivity index (χ1v) is 8.10. The molecule has 0 spiro atoms. The van der Waals surface area contributed by atoms with E-state index in [0.717, 1.165) is 11.1 Å². The number of ether oxygens (including phenoxy) is 1. The maximum atomic E-state index is 12.5. The Kier molecular flexibility index (Phi) is 5.80. The van der Waals surface area contributed by atoms with Gasteiger partial charge in [-0.25, -0.2) is 4.98 Å². The first kappa shape index (κ1) is 20.3. The monoisotopic (exact) mass is 391 g/mol. The molecule has 2 aromatic heterocycles. The summed E-state index contributed by atoms with van der Waals surface area (Å²) in [4.78, 5) is 29.1. The number of hydrogen-bond donors (Lipinski definition) is 3.